The van der Waals surface area contributed by atoms with E-state index in [1.807, 2.05) is 30.3 Å². The van der Waals surface area contributed by atoms with Crippen LogP contribution in [0.2, 0.25) is 0 Å². The number of carbonyl (C=O) groups excluding carboxylic acids is 1. The van der Waals surface area contributed by atoms with Crippen molar-refractivity contribution in [2.75, 3.05) is 44.7 Å². The van der Waals surface area contributed by atoms with Crippen molar-refractivity contribution in [3.8, 4) is 0 Å². The molecule has 23 heavy (non-hydrogen) atoms. The Labute approximate surface area is 139 Å². The Kier molecular flexibility index (Phi) is 5.57. The number of hydrogen-bond donors (Lipinski definition) is 2. The molecule has 3 rings (SSSR count). The molecule has 1 fully saturated rings. The van der Waals surface area contributed by atoms with E-state index in [1.165, 1.54) is 11.3 Å². The van der Waals surface area contributed by atoms with Crippen LogP contribution in [0.1, 0.15) is 9.67 Å². The van der Waals surface area contributed by atoms with E-state index in [-0.39, 0.29) is 5.91 Å². The largest absolute Gasteiger partial charge is 0.379 e. The summed E-state index contributed by atoms with van der Waals surface area (Å²) in [6.07, 6.45) is 1.61. The molecule has 0 spiro atoms. The smallest absolute Gasteiger partial charge is 0.263 e. The van der Waals surface area contributed by atoms with Crippen molar-refractivity contribution in [3.63, 3.8) is 0 Å². The minimum Gasteiger partial charge on any atom is -0.379 e. The van der Waals surface area contributed by atoms with Crippen LogP contribution < -0.4 is 10.6 Å². The highest BCUT2D eigenvalue weighted by Crippen LogP contribution is 2.22. The lowest BCUT2D eigenvalue weighted by molar-refractivity contribution is 0.0383. The Morgan fingerprint density at radius 2 is 2.04 bits per heavy atom. The Balaban J connectivity index is 1.46. The highest BCUT2D eigenvalue weighted by molar-refractivity contribution is 7.17. The average molecular weight is 332 g/mol. The lowest BCUT2D eigenvalue weighted by atomic mass is 10.3. The molecule has 6 nitrogen and oxygen atoms in total. The van der Waals surface area contributed by atoms with Gasteiger partial charge in [-0.15, -0.1) is 0 Å². The minimum atomic E-state index is -0.0723. The highest BCUT2D eigenvalue weighted by atomic mass is 32.1. The van der Waals surface area contributed by atoms with Gasteiger partial charge in [0.25, 0.3) is 5.91 Å². The maximum atomic E-state index is 12.1. The zero-order valence-corrected chi connectivity index (χ0v) is 13.6. The standard InChI is InChI=1S/C16H20N4O2S/c21-15(17-6-7-20-8-10-22-11-9-20)14-12-18-16(23-14)19-13-4-2-1-3-5-13/h1-5,12H,6-11H2,(H,17,21)(H,18,19). The maximum Gasteiger partial charge on any atom is 0.263 e. The molecular weight excluding hydrogens is 312 g/mol. The van der Waals surface area contributed by atoms with Crippen LogP contribution in [0.5, 0.6) is 0 Å². The number of benzene rings is 1. The summed E-state index contributed by atoms with van der Waals surface area (Å²) in [6.45, 7) is 4.90. The van der Waals surface area contributed by atoms with Gasteiger partial charge in [-0.3, -0.25) is 9.69 Å². The van der Waals surface area contributed by atoms with Gasteiger partial charge in [-0.05, 0) is 12.1 Å². The van der Waals surface area contributed by atoms with Gasteiger partial charge in [0.1, 0.15) is 4.88 Å². The number of rotatable bonds is 6. The average Bonchev–Trinajstić information content (AvgIpc) is 3.05. The first kappa shape index (κ1) is 15.9. The van der Waals surface area contributed by atoms with Crippen LogP contribution in [-0.4, -0.2) is 55.2 Å². The van der Waals surface area contributed by atoms with E-state index in [4.69, 9.17) is 4.74 Å². The number of nitrogens with zero attached hydrogens (tertiary/aromatic N) is 2. The van der Waals surface area contributed by atoms with Gasteiger partial charge in [0.05, 0.1) is 19.4 Å². The van der Waals surface area contributed by atoms with E-state index in [1.54, 1.807) is 6.20 Å². The van der Waals surface area contributed by atoms with Crippen LogP contribution in [0.4, 0.5) is 10.8 Å². The summed E-state index contributed by atoms with van der Waals surface area (Å²) in [5.74, 6) is -0.0723. The van der Waals surface area contributed by atoms with Crippen LogP contribution in [0.25, 0.3) is 0 Å². The second kappa shape index (κ2) is 8.05. The molecular formula is C16H20N4O2S. The molecule has 1 aromatic carbocycles. The van der Waals surface area contributed by atoms with E-state index in [9.17, 15) is 4.79 Å². The van der Waals surface area contributed by atoms with Crippen molar-refractivity contribution in [1.29, 1.82) is 0 Å². The maximum absolute atomic E-state index is 12.1. The first-order chi connectivity index (χ1) is 11.3. The van der Waals surface area contributed by atoms with Crippen molar-refractivity contribution in [2.45, 2.75) is 0 Å². The lowest BCUT2D eigenvalue weighted by Crippen LogP contribution is -2.41. The van der Waals surface area contributed by atoms with Crippen LogP contribution in [0.3, 0.4) is 0 Å². The third-order valence-corrected chi connectivity index (χ3v) is 4.48. The van der Waals surface area contributed by atoms with Crippen molar-refractivity contribution in [1.82, 2.24) is 15.2 Å². The predicted octanol–water partition coefficient (Wildman–Crippen LogP) is 1.95. The van der Waals surface area contributed by atoms with Gasteiger partial charge in [0.2, 0.25) is 0 Å². The molecule has 0 unspecified atom stereocenters. The van der Waals surface area contributed by atoms with E-state index in [2.05, 4.69) is 20.5 Å². The van der Waals surface area contributed by atoms with Crippen molar-refractivity contribution in [2.24, 2.45) is 0 Å². The van der Waals surface area contributed by atoms with E-state index < -0.39 is 0 Å². The number of carbonyl (C=O) groups is 1. The number of morpholine rings is 1. The van der Waals surface area contributed by atoms with Crippen molar-refractivity contribution < 1.29 is 9.53 Å². The van der Waals surface area contributed by atoms with Crippen LogP contribution in [0, 0.1) is 0 Å². The molecule has 1 amide bonds. The van der Waals surface area contributed by atoms with E-state index in [0.717, 1.165) is 43.7 Å². The first-order valence-corrected chi connectivity index (χ1v) is 8.49. The number of anilines is 2. The fourth-order valence-corrected chi connectivity index (χ4v) is 3.07. The predicted molar refractivity (Wildman–Crippen MR) is 91.4 cm³/mol. The third kappa shape index (κ3) is 4.75. The number of nitrogens with one attached hydrogen (secondary N) is 2. The van der Waals surface area contributed by atoms with Crippen LogP contribution in [0.15, 0.2) is 36.5 Å². The summed E-state index contributed by atoms with van der Waals surface area (Å²) in [5, 5.41) is 6.85. The molecule has 2 aromatic rings. The van der Waals surface area contributed by atoms with Crippen molar-refractivity contribution >= 4 is 28.1 Å². The monoisotopic (exact) mass is 332 g/mol. The quantitative estimate of drug-likeness (QED) is 0.846. The van der Waals surface area contributed by atoms with Gasteiger partial charge in [-0.2, -0.15) is 0 Å². The molecule has 1 aliphatic heterocycles. The lowest BCUT2D eigenvalue weighted by Gasteiger charge is -2.26. The van der Waals surface area contributed by atoms with Gasteiger partial charge >= 0.3 is 0 Å². The molecule has 1 saturated heterocycles. The first-order valence-electron chi connectivity index (χ1n) is 7.67. The molecule has 0 radical (unpaired) electrons. The fraction of sp³-hybridized carbons (Fsp3) is 0.375. The number of para-hydroxylation sites is 1. The second-order valence-electron chi connectivity index (χ2n) is 5.23. The van der Waals surface area contributed by atoms with Gasteiger partial charge < -0.3 is 15.4 Å². The molecule has 0 atom stereocenters. The highest BCUT2D eigenvalue weighted by Gasteiger charge is 2.13. The van der Waals surface area contributed by atoms with Crippen molar-refractivity contribution in [3.05, 3.63) is 41.4 Å². The molecule has 2 heterocycles. The van der Waals surface area contributed by atoms with Crippen LogP contribution >= 0.6 is 11.3 Å². The third-order valence-electron chi connectivity index (χ3n) is 3.57. The molecule has 122 valence electrons. The number of hydrogen-bond acceptors (Lipinski definition) is 6. The number of aromatic nitrogens is 1. The SMILES string of the molecule is O=C(NCCN1CCOCC1)c1cnc(Nc2ccccc2)s1. The normalized spacial score (nSPS) is 15.3. The zero-order chi connectivity index (χ0) is 15.9. The minimum absolute atomic E-state index is 0.0723. The Morgan fingerprint density at radius 3 is 2.83 bits per heavy atom. The molecule has 2 N–H and O–H groups in total. The summed E-state index contributed by atoms with van der Waals surface area (Å²) in [4.78, 5) is 19.3. The van der Waals surface area contributed by atoms with Crippen LogP contribution in [-0.2, 0) is 4.74 Å². The molecule has 0 saturated carbocycles. The Morgan fingerprint density at radius 1 is 1.26 bits per heavy atom. The zero-order valence-electron chi connectivity index (χ0n) is 12.8. The summed E-state index contributed by atoms with van der Waals surface area (Å²) in [7, 11) is 0. The van der Waals surface area contributed by atoms with E-state index in [0.29, 0.717) is 11.4 Å². The van der Waals surface area contributed by atoms with Gasteiger partial charge in [0.15, 0.2) is 5.13 Å². The summed E-state index contributed by atoms with van der Waals surface area (Å²) >= 11 is 1.35. The van der Waals surface area contributed by atoms with E-state index >= 15 is 0 Å². The van der Waals surface area contributed by atoms with Gasteiger partial charge in [-0.25, -0.2) is 4.98 Å². The van der Waals surface area contributed by atoms with Gasteiger partial charge in [0, 0.05) is 31.9 Å². The summed E-state index contributed by atoms with van der Waals surface area (Å²) in [5.41, 5.74) is 0.959. The molecule has 1 aliphatic rings. The molecule has 0 bridgehead atoms. The fourth-order valence-electron chi connectivity index (χ4n) is 2.32. The Hall–Kier alpha value is -1.96. The van der Waals surface area contributed by atoms with Gasteiger partial charge in [-0.1, -0.05) is 29.5 Å². The number of amides is 1. The molecule has 1 aromatic heterocycles. The summed E-state index contributed by atoms with van der Waals surface area (Å²) < 4.78 is 5.31. The number of ether oxygens (including phenoxy) is 1. The second-order valence-corrected chi connectivity index (χ2v) is 6.26. The summed E-state index contributed by atoms with van der Waals surface area (Å²) in [6, 6.07) is 9.79. The Bertz CT molecular complexity index is 626. The molecule has 7 heteroatoms. The topological polar surface area (TPSA) is 66.5 Å². The molecule has 0 aliphatic carbocycles. The number of thiazole rings is 1.